The van der Waals surface area contributed by atoms with Gasteiger partial charge in [0.25, 0.3) is 5.91 Å². The molecule has 3 nitrogen and oxygen atoms in total. The molecule has 1 N–H and O–H groups in total. The number of halogens is 1. The molecule has 0 radical (unpaired) electrons. The van der Waals surface area contributed by atoms with Gasteiger partial charge in [0.05, 0.1) is 5.56 Å². The van der Waals surface area contributed by atoms with E-state index in [2.05, 4.69) is 28.2 Å². The third-order valence-electron chi connectivity index (χ3n) is 3.11. The Morgan fingerprint density at radius 2 is 2.00 bits per heavy atom. The van der Waals surface area contributed by atoms with E-state index in [1.807, 2.05) is 31.2 Å². The third-order valence-corrected chi connectivity index (χ3v) is 3.64. The van der Waals surface area contributed by atoms with Gasteiger partial charge in [0, 0.05) is 16.6 Å². The summed E-state index contributed by atoms with van der Waals surface area (Å²) in [6.07, 6.45) is 2.05. The van der Waals surface area contributed by atoms with Crippen LogP contribution in [0.4, 0.5) is 0 Å². The van der Waals surface area contributed by atoms with Crippen LogP contribution in [-0.4, -0.2) is 12.5 Å². The molecule has 1 aromatic carbocycles. The van der Waals surface area contributed by atoms with Crippen molar-refractivity contribution >= 4 is 21.8 Å². The number of hydrogen-bond acceptors (Lipinski definition) is 2. The minimum atomic E-state index is -0.0666. The zero-order valence-corrected chi connectivity index (χ0v) is 13.3. The Morgan fingerprint density at radius 3 is 2.65 bits per heavy atom. The second kappa shape index (κ2) is 6.75. The van der Waals surface area contributed by atoms with E-state index in [0.717, 1.165) is 28.6 Å². The fourth-order valence-corrected chi connectivity index (χ4v) is 2.20. The first-order valence-corrected chi connectivity index (χ1v) is 7.55. The normalized spacial score (nSPS) is 10.6. The molecule has 0 aliphatic rings. The molecule has 1 aromatic heterocycles. The summed E-state index contributed by atoms with van der Waals surface area (Å²) in [6.45, 7) is 4.62. The summed E-state index contributed by atoms with van der Waals surface area (Å²) >= 11 is 3.40. The third kappa shape index (κ3) is 3.51. The van der Waals surface area contributed by atoms with Crippen molar-refractivity contribution in [2.24, 2.45) is 0 Å². The maximum absolute atomic E-state index is 12.1. The van der Waals surface area contributed by atoms with Crippen molar-refractivity contribution < 1.29 is 9.21 Å². The first-order valence-electron chi connectivity index (χ1n) is 6.76. The summed E-state index contributed by atoms with van der Waals surface area (Å²) < 4.78 is 6.71. The van der Waals surface area contributed by atoms with Crippen LogP contribution in [0.1, 0.15) is 35.9 Å². The van der Waals surface area contributed by atoms with Gasteiger partial charge in [0.15, 0.2) is 0 Å². The number of aryl methyl sites for hydroxylation is 1. The van der Waals surface area contributed by atoms with E-state index in [9.17, 15) is 4.79 Å². The molecule has 2 aromatic rings. The maximum atomic E-state index is 12.1. The van der Waals surface area contributed by atoms with Crippen molar-refractivity contribution in [1.29, 1.82) is 0 Å². The van der Waals surface area contributed by atoms with Crippen molar-refractivity contribution in [1.82, 2.24) is 5.32 Å². The highest BCUT2D eigenvalue weighted by atomic mass is 79.9. The molecule has 1 heterocycles. The van der Waals surface area contributed by atoms with E-state index in [1.165, 1.54) is 0 Å². The highest BCUT2D eigenvalue weighted by molar-refractivity contribution is 9.10. The highest BCUT2D eigenvalue weighted by Gasteiger charge is 2.15. The van der Waals surface area contributed by atoms with E-state index in [-0.39, 0.29) is 5.91 Å². The van der Waals surface area contributed by atoms with E-state index >= 15 is 0 Å². The summed E-state index contributed by atoms with van der Waals surface area (Å²) in [5.41, 5.74) is 1.57. The lowest BCUT2D eigenvalue weighted by molar-refractivity contribution is 0.0951. The lowest BCUT2D eigenvalue weighted by Gasteiger charge is -2.01. The van der Waals surface area contributed by atoms with Crippen molar-refractivity contribution in [3.63, 3.8) is 0 Å². The Labute approximate surface area is 127 Å². The van der Waals surface area contributed by atoms with E-state index in [0.29, 0.717) is 17.9 Å². The average molecular weight is 336 g/mol. The van der Waals surface area contributed by atoms with Gasteiger partial charge in [-0.1, -0.05) is 41.4 Å². The highest BCUT2D eigenvalue weighted by Crippen LogP contribution is 2.26. The molecule has 0 aliphatic carbocycles. The summed E-state index contributed by atoms with van der Waals surface area (Å²) in [7, 11) is 0. The van der Waals surface area contributed by atoms with Gasteiger partial charge in [-0.3, -0.25) is 4.79 Å². The second-order valence-electron chi connectivity index (χ2n) is 4.70. The van der Waals surface area contributed by atoms with Crippen LogP contribution >= 0.6 is 15.9 Å². The van der Waals surface area contributed by atoms with Crippen LogP contribution in [0.3, 0.4) is 0 Å². The summed E-state index contributed by atoms with van der Waals surface area (Å²) in [4.78, 5) is 12.1. The SMILES string of the molecule is CCCCNC(=O)c1cc(-c2ccc(Br)cc2)oc1C. The monoisotopic (exact) mass is 335 g/mol. The molecule has 0 saturated heterocycles. The molecule has 2 rings (SSSR count). The van der Waals surface area contributed by atoms with Gasteiger partial charge in [0.2, 0.25) is 0 Å². The minimum Gasteiger partial charge on any atom is -0.461 e. The first kappa shape index (κ1) is 14.9. The fraction of sp³-hybridized carbons (Fsp3) is 0.312. The summed E-state index contributed by atoms with van der Waals surface area (Å²) in [5.74, 6) is 1.30. The Bertz CT molecular complexity index is 587. The predicted molar refractivity (Wildman–Crippen MR) is 83.8 cm³/mol. The lowest BCUT2D eigenvalue weighted by atomic mass is 10.1. The second-order valence-corrected chi connectivity index (χ2v) is 5.61. The fourth-order valence-electron chi connectivity index (χ4n) is 1.94. The number of unbranched alkanes of at least 4 members (excludes halogenated alkanes) is 1. The lowest BCUT2D eigenvalue weighted by Crippen LogP contribution is -2.24. The standard InChI is InChI=1S/C16H18BrNO2/c1-3-4-9-18-16(19)14-10-15(20-11(14)2)12-5-7-13(17)8-6-12/h5-8,10H,3-4,9H2,1-2H3,(H,18,19). The van der Waals surface area contributed by atoms with Gasteiger partial charge in [0.1, 0.15) is 11.5 Å². The molecular weight excluding hydrogens is 318 g/mol. The average Bonchev–Trinajstić information content (AvgIpc) is 2.82. The van der Waals surface area contributed by atoms with Crippen LogP contribution in [0.15, 0.2) is 39.2 Å². The maximum Gasteiger partial charge on any atom is 0.254 e. The Balaban J connectivity index is 2.16. The van der Waals surface area contributed by atoms with Crippen LogP contribution in [0, 0.1) is 6.92 Å². The topological polar surface area (TPSA) is 42.2 Å². The molecule has 1 amide bonds. The van der Waals surface area contributed by atoms with Gasteiger partial charge in [-0.15, -0.1) is 0 Å². The van der Waals surface area contributed by atoms with Crippen LogP contribution in [0.5, 0.6) is 0 Å². The van der Waals surface area contributed by atoms with Gasteiger partial charge >= 0.3 is 0 Å². The number of nitrogens with one attached hydrogen (secondary N) is 1. The quantitative estimate of drug-likeness (QED) is 0.814. The molecule has 0 atom stereocenters. The van der Waals surface area contributed by atoms with Gasteiger partial charge < -0.3 is 9.73 Å². The first-order chi connectivity index (χ1) is 9.61. The number of amides is 1. The van der Waals surface area contributed by atoms with Gasteiger partial charge in [-0.25, -0.2) is 0 Å². The van der Waals surface area contributed by atoms with Crippen molar-refractivity contribution in [3.05, 3.63) is 46.1 Å². The zero-order chi connectivity index (χ0) is 14.5. The molecule has 4 heteroatoms. The predicted octanol–water partition coefficient (Wildman–Crippen LogP) is 4.55. The number of carbonyl (C=O) groups is 1. The number of carbonyl (C=O) groups excluding carboxylic acids is 1. The molecule has 0 saturated carbocycles. The van der Waals surface area contributed by atoms with Crippen LogP contribution < -0.4 is 5.32 Å². The Morgan fingerprint density at radius 1 is 1.30 bits per heavy atom. The van der Waals surface area contributed by atoms with E-state index < -0.39 is 0 Å². The van der Waals surface area contributed by atoms with Crippen LogP contribution in [0.25, 0.3) is 11.3 Å². The van der Waals surface area contributed by atoms with Gasteiger partial charge in [-0.05, 0) is 31.5 Å². The summed E-state index contributed by atoms with van der Waals surface area (Å²) in [6, 6.07) is 9.63. The molecule has 0 aliphatic heterocycles. The molecular formula is C16H18BrNO2. The molecule has 0 spiro atoms. The van der Waals surface area contributed by atoms with Crippen molar-refractivity contribution in [2.75, 3.05) is 6.54 Å². The van der Waals surface area contributed by atoms with Crippen LogP contribution in [0.2, 0.25) is 0 Å². The molecule has 20 heavy (non-hydrogen) atoms. The van der Waals surface area contributed by atoms with E-state index in [4.69, 9.17) is 4.42 Å². The van der Waals surface area contributed by atoms with E-state index in [1.54, 1.807) is 6.07 Å². The molecule has 0 unspecified atom stereocenters. The number of hydrogen-bond donors (Lipinski definition) is 1. The van der Waals surface area contributed by atoms with Gasteiger partial charge in [-0.2, -0.15) is 0 Å². The van der Waals surface area contributed by atoms with Crippen molar-refractivity contribution in [3.8, 4) is 11.3 Å². The minimum absolute atomic E-state index is 0.0666. The number of rotatable bonds is 5. The smallest absolute Gasteiger partial charge is 0.254 e. The number of benzene rings is 1. The largest absolute Gasteiger partial charge is 0.461 e. The molecule has 0 fully saturated rings. The Kier molecular flexibility index (Phi) is 5.01. The number of furan rings is 1. The zero-order valence-electron chi connectivity index (χ0n) is 11.7. The molecule has 0 bridgehead atoms. The van der Waals surface area contributed by atoms with Crippen molar-refractivity contribution in [2.45, 2.75) is 26.7 Å². The Hall–Kier alpha value is -1.55. The molecule has 106 valence electrons. The van der Waals surface area contributed by atoms with Crippen LogP contribution in [-0.2, 0) is 0 Å². The summed E-state index contributed by atoms with van der Waals surface area (Å²) in [5, 5.41) is 2.91.